The number of likely N-dealkylation sites (tertiary alicyclic amines) is 1. The molecule has 3 aromatic rings. The lowest BCUT2D eigenvalue weighted by Crippen LogP contribution is -2.41. The van der Waals surface area contributed by atoms with Crippen LogP contribution in [0.4, 0.5) is 5.95 Å². The van der Waals surface area contributed by atoms with Crippen molar-refractivity contribution in [1.29, 1.82) is 0 Å². The summed E-state index contributed by atoms with van der Waals surface area (Å²) in [6.07, 6.45) is 4.52. The Morgan fingerprint density at radius 1 is 0.962 bits per heavy atom. The van der Waals surface area contributed by atoms with Crippen molar-refractivity contribution in [3.8, 4) is 11.3 Å². The Bertz CT molecular complexity index is 919. The molecule has 0 saturated carbocycles. The lowest BCUT2D eigenvalue weighted by atomic mass is 10.1. The third kappa shape index (κ3) is 3.06. The number of fused-ring (bicyclic) bond motifs is 1. The SMILES string of the molecule is c1ccc2cc(-c3ccnc(N4CCC(CN5CCC5)C4)n3)ccc2c1. The summed E-state index contributed by atoms with van der Waals surface area (Å²) in [6, 6.07) is 17.0. The maximum absolute atomic E-state index is 4.88. The summed E-state index contributed by atoms with van der Waals surface area (Å²) in [6.45, 7) is 5.95. The first-order chi connectivity index (χ1) is 12.8. The molecule has 4 nitrogen and oxygen atoms in total. The molecule has 3 heterocycles. The minimum atomic E-state index is 0.753. The van der Waals surface area contributed by atoms with E-state index in [4.69, 9.17) is 4.98 Å². The monoisotopic (exact) mass is 344 g/mol. The molecule has 5 rings (SSSR count). The normalized spacial score (nSPS) is 20.5. The Hall–Kier alpha value is -2.46. The van der Waals surface area contributed by atoms with Gasteiger partial charge in [0.2, 0.25) is 5.95 Å². The number of benzene rings is 2. The largest absolute Gasteiger partial charge is 0.340 e. The van der Waals surface area contributed by atoms with Crippen molar-refractivity contribution < 1.29 is 0 Å². The van der Waals surface area contributed by atoms with Crippen LogP contribution in [0.5, 0.6) is 0 Å². The quantitative estimate of drug-likeness (QED) is 0.720. The molecular formula is C22H24N4. The zero-order valence-electron chi connectivity index (χ0n) is 15.0. The van der Waals surface area contributed by atoms with E-state index in [2.05, 4.69) is 57.2 Å². The van der Waals surface area contributed by atoms with Gasteiger partial charge in [0.15, 0.2) is 0 Å². The van der Waals surface area contributed by atoms with Crippen molar-refractivity contribution in [3.63, 3.8) is 0 Å². The van der Waals surface area contributed by atoms with E-state index in [1.165, 1.54) is 43.2 Å². The number of anilines is 1. The summed E-state index contributed by atoms with van der Waals surface area (Å²) in [5.74, 6) is 1.63. The van der Waals surface area contributed by atoms with Crippen LogP contribution in [0, 0.1) is 5.92 Å². The fraction of sp³-hybridized carbons (Fsp3) is 0.364. The fourth-order valence-electron chi connectivity index (χ4n) is 4.10. The molecule has 26 heavy (non-hydrogen) atoms. The smallest absolute Gasteiger partial charge is 0.225 e. The molecule has 0 aliphatic carbocycles. The van der Waals surface area contributed by atoms with Crippen LogP contribution < -0.4 is 4.90 Å². The average Bonchev–Trinajstić information content (AvgIpc) is 3.13. The van der Waals surface area contributed by atoms with Gasteiger partial charge in [0.05, 0.1) is 5.69 Å². The van der Waals surface area contributed by atoms with Crippen molar-refractivity contribution >= 4 is 16.7 Å². The number of hydrogen-bond acceptors (Lipinski definition) is 4. The third-order valence-electron chi connectivity index (χ3n) is 5.72. The second kappa shape index (κ2) is 6.69. The van der Waals surface area contributed by atoms with Crippen LogP contribution in [-0.4, -0.2) is 47.6 Å². The average molecular weight is 344 g/mol. The predicted molar refractivity (Wildman–Crippen MR) is 106 cm³/mol. The number of nitrogens with zero attached hydrogens (tertiary/aromatic N) is 4. The van der Waals surface area contributed by atoms with Gasteiger partial charge in [-0.05, 0) is 54.8 Å². The summed E-state index contributed by atoms with van der Waals surface area (Å²) in [5, 5.41) is 2.51. The molecule has 1 atom stereocenters. The molecular weight excluding hydrogens is 320 g/mol. The highest BCUT2D eigenvalue weighted by atomic mass is 15.3. The topological polar surface area (TPSA) is 32.3 Å². The van der Waals surface area contributed by atoms with Crippen LogP contribution in [0.2, 0.25) is 0 Å². The molecule has 0 amide bonds. The highest BCUT2D eigenvalue weighted by molar-refractivity contribution is 5.86. The van der Waals surface area contributed by atoms with E-state index in [-0.39, 0.29) is 0 Å². The number of hydrogen-bond donors (Lipinski definition) is 0. The van der Waals surface area contributed by atoms with Crippen molar-refractivity contribution in [2.75, 3.05) is 37.6 Å². The van der Waals surface area contributed by atoms with E-state index in [1.54, 1.807) is 0 Å². The molecule has 4 heteroatoms. The van der Waals surface area contributed by atoms with Gasteiger partial charge in [-0.15, -0.1) is 0 Å². The lowest BCUT2D eigenvalue weighted by Gasteiger charge is -2.32. The summed E-state index contributed by atoms with van der Waals surface area (Å²) in [4.78, 5) is 14.4. The standard InChI is InChI=1S/C22H24N4/c1-2-5-19-14-20(7-6-18(19)4-1)21-8-10-23-22(24-21)26-13-9-17(16-26)15-25-11-3-12-25/h1-2,4-8,10,14,17H,3,9,11-13,15-16H2. The number of aromatic nitrogens is 2. The summed E-state index contributed by atoms with van der Waals surface area (Å²) in [7, 11) is 0. The first-order valence-corrected chi connectivity index (χ1v) is 9.65. The van der Waals surface area contributed by atoms with Crippen LogP contribution in [0.3, 0.4) is 0 Å². The molecule has 2 aliphatic rings. The molecule has 0 N–H and O–H groups in total. The zero-order valence-corrected chi connectivity index (χ0v) is 15.0. The minimum absolute atomic E-state index is 0.753. The van der Waals surface area contributed by atoms with Gasteiger partial charge >= 0.3 is 0 Å². The van der Waals surface area contributed by atoms with Crippen LogP contribution in [0.25, 0.3) is 22.0 Å². The summed E-state index contributed by atoms with van der Waals surface area (Å²) < 4.78 is 0. The van der Waals surface area contributed by atoms with Crippen molar-refractivity contribution in [3.05, 3.63) is 54.7 Å². The minimum Gasteiger partial charge on any atom is -0.340 e. The molecule has 0 bridgehead atoms. The van der Waals surface area contributed by atoms with Crippen LogP contribution in [-0.2, 0) is 0 Å². The molecule has 132 valence electrons. The Kier molecular flexibility index (Phi) is 4.06. The highest BCUT2D eigenvalue weighted by Crippen LogP contribution is 2.27. The van der Waals surface area contributed by atoms with Crippen molar-refractivity contribution in [1.82, 2.24) is 14.9 Å². The van der Waals surface area contributed by atoms with Gasteiger partial charge in [-0.3, -0.25) is 0 Å². The first-order valence-electron chi connectivity index (χ1n) is 9.65. The van der Waals surface area contributed by atoms with Gasteiger partial charge in [0.1, 0.15) is 0 Å². The first kappa shape index (κ1) is 15.8. The molecule has 1 unspecified atom stereocenters. The maximum atomic E-state index is 4.88. The predicted octanol–water partition coefficient (Wildman–Crippen LogP) is 3.83. The van der Waals surface area contributed by atoms with Gasteiger partial charge in [-0.25, -0.2) is 9.97 Å². The van der Waals surface area contributed by atoms with E-state index >= 15 is 0 Å². The molecule has 1 aromatic heterocycles. The van der Waals surface area contributed by atoms with Gasteiger partial charge in [0, 0.05) is 31.4 Å². The molecule has 2 saturated heterocycles. The van der Waals surface area contributed by atoms with Gasteiger partial charge < -0.3 is 9.80 Å². The van der Waals surface area contributed by atoms with E-state index in [0.29, 0.717) is 0 Å². The van der Waals surface area contributed by atoms with Crippen LogP contribution in [0.1, 0.15) is 12.8 Å². The second-order valence-corrected chi connectivity index (χ2v) is 7.56. The highest BCUT2D eigenvalue weighted by Gasteiger charge is 2.27. The van der Waals surface area contributed by atoms with E-state index in [0.717, 1.165) is 36.2 Å². The van der Waals surface area contributed by atoms with Gasteiger partial charge in [-0.2, -0.15) is 0 Å². The van der Waals surface area contributed by atoms with Gasteiger partial charge in [-0.1, -0.05) is 36.4 Å². The third-order valence-corrected chi connectivity index (χ3v) is 5.72. The Balaban J connectivity index is 1.36. The van der Waals surface area contributed by atoms with Crippen LogP contribution >= 0.6 is 0 Å². The fourth-order valence-corrected chi connectivity index (χ4v) is 4.10. The van der Waals surface area contributed by atoms with Crippen molar-refractivity contribution in [2.45, 2.75) is 12.8 Å². The van der Waals surface area contributed by atoms with E-state index in [9.17, 15) is 0 Å². The molecule has 2 aromatic carbocycles. The zero-order chi connectivity index (χ0) is 17.3. The molecule has 0 radical (unpaired) electrons. The van der Waals surface area contributed by atoms with Gasteiger partial charge in [0.25, 0.3) is 0 Å². The number of rotatable bonds is 4. The van der Waals surface area contributed by atoms with Crippen LogP contribution in [0.15, 0.2) is 54.7 Å². The molecule has 0 spiro atoms. The summed E-state index contributed by atoms with van der Waals surface area (Å²) >= 11 is 0. The van der Waals surface area contributed by atoms with E-state index in [1.807, 2.05) is 12.3 Å². The Morgan fingerprint density at radius 3 is 2.69 bits per heavy atom. The summed E-state index contributed by atoms with van der Waals surface area (Å²) in [5.41, 5.74) is 2.16. The maximum Gasteiger partial charge on any atom is 0.225 e. The Morgan fingerprint density at radius 2 is 1.85 bits per heavy atom. The van der Waals surface area contributed by atoms with E-state index < -0.39 is 0 Å². The molecule has 2 fully saturated rings. The lowest BCUT2D eigenvalue weighted by molar-refractivity contribution is 0.157. The Labute approximate surface area is 154 Å². The van der Waals surface area contributed by atoms with Crippen molar-refractivity contribution in [2.24, 2.45) is 5.92 Å². The molecule has 2 aliphatic heterocycles. The second-order valence-electron chi connectivity index (χ2n) is 7.56.